The lowest BCUT2D eigenvalue weighted by atomic mass is 9.85. The predicted octanol–water partition coefficient (Wildman–Crippen LogP) is 4.27. The van der Waals surface area contributed by atoms with Gasteiger partial charge in [-0.1, -0.05) is 32.9 Å². The predicted molar refractivity (Wildman–Crippen MR) is 113 cm³/mol. The van der Waals surface area contributed by atoms with Crippen LogP contribution in [0.3, 0.4) is 0 Å². The molecule has 0 unspecified atom stereocenters. The molecule has 170 valence electrons. The number of likely N-dealkylation sites (tertiary alicyclic amines) is 1. The van der Waals surface area contributed by atoms with E-state index in [0.717, 1.165) is 18.5 Å². The van der Waals surface area contributed by atoms with E-state index in [9.17, 15) is 13.6 Å². The van der Waals surface area contributed by atoms with Crippen molar-refractivity contribution >= 4 is 11.7 Å². The Morgan fingerprint density at radius 3 is 2.77 bits per heavy atom. The highest BCUT2D eigenvalue weighted by molar-refractivity contribution is 5.92. The topological polar surface area (TPSA) is 76.2 Å². The van der Waals surface area contributed by atoms with Crippen LogP contribution in [-0.2, 0) is 11.8 Å². The number of alkyl halides is 2. The van der Waals surface area contributed by atoms with Crippen LogP contribution < -0.4 is 5.32 Å². The van der Waals surface area contributed by atoms with Crippen molar-refractivity contribution in [2.45, 2.75) is 77.3 Å². The highest BCUT2D eigenvalue weighted by Gasteiger charge is 2.40. The summed E-state index contributed by atoms with van der Waals surface area (Å²) in [5.74, 6) is 1.24. The highest BCUT2D eigenvalue weighted by atomic mass is 19.3. The zero-order chi connectivity index (χ0) is 22.3. The second kappa shape index (κ2) is 8.24. The van der Waals surface area contributed by atoms with Crippen molar-refractivity contribution in [2.24, 2.45) is 5.92 Å². The van der Waals surface area contributed by atoms with Gasteiger partial charge >= 0.3 is 0 Å². The van der Waals surface area contributed by atoms with Gasteiger partial charge in [0.25, 0.3) is 12.3 Å². The minimum atomic E-state index is -2.50. The molecule has 7 nitrogen and oxygen atoms in total. The molecule has 4 rings (SSSR count). The van der Waals surface area contributed by atoms with Gasteiger partial charge in [-0.25, -0.2) is 13.5 Å². The molecule has 0 radical (unpaired) electrons. The molecule has 1 fully saturated rings. The Kier molecular flexibility index (Phi) is 5.79. The number of aromatic nitrogens is 3. The molecule has 31 heavy (non-hydrogen) atoms. The first-order valence-corrected chi connectivity index (χ1v) is 11.1. The number of anilines is 1. The van der Waals surface area contributed by atoms with Gasteiger partial charge in [0, 0.05) is 43.1 Å². The van der Waals surface area contributed by atoms with Crippen molar-refractivity contribution in [3.63, 3.8) is 0 Å². The smallest absolute Gasteiger partial charge is 0.276 e. The Balaban J connectivity index is 1.52. The van der Waals surface area contributed by atoms with E-state index >= 15 is 0 Å². The second-order valence-electron chi connectivity index (χ2n) is 9.68. The first kappa shape index (κ1) is 21.8. The van der Waals surface area contributed by atoms with Gasteiger partial charge in [0.15, 0.2) is 5.69 Å². The molecule has 0 aliphatic carbocycles. The Labute approximate surface area is 181 Å². The zero-order valence-corrected chi connectivity index (χ0v) is 18.6. The van der Waals surface area contributed by atoms with Crippen LogP contribution >= 0.6 is 0 Å². The van der Waals surface area contributed by atoms with Crippen molar-refractivity contribution < 1.29 is 18.1 Å². The normalized spacial score (nSPS) is 24.2. The summed E-state index contributed by atoms with van der Waals surface area (Å²) < 4.78 is 34.5. The summed E-state index contributed by atoms with van der Waals surface area (Å²) in [6.07, 6.45) is 0.177. The fourth-order valence-corrected chi connectivity index (χ4v) is 4.52. The maximum absolute atomic E-state index is 13.9. The van der Waals surface area contributed by atoms with E-state index in [2.05, 4.69) is 15.6 Å². The van der Waals surface area contributed by atoms with Crippen LogP contribution in [0.2, 0.25) is 0 Å². The fraction of sp³-hybridized carbons (Fsp3) is 0.682. The molecule has 2 aliphatic rings. The van der Waals surface area contributed by atoms with E-state index in [-0.39, 0.29) is 29.7 Å². The van der Waals surface area contributed by atoms with E-state index < -0.39 is 12.5 Å². The average molecular weight is 436 g/mol. The Hall–Kier alpha value is -2.45. The minimum Gasteiger partial charge on any atom is -0.367 e. The van der Waals surface area contributed by atoms with Gasteiger partial charge in [-0.05, 0) is 25.2 Å². The summed E-state index contributed by atoms with van der Waals surface area (Å²) >= 11 is 0. The van der Waals surface area contributed by atoms with Crippen molar-refractivity contribution in [3.8, 4) is 0 Å². The molecule has 0 bridgehead atoms. The third kappa shape index (κ3) is 4.32. The SMILES string of the molecule is CCc1cc(C(=O)N2CCC[C@@H]([C@@H]3C[C@H](C(F)F)n4nc(C(C)(C)C)cc4N3)C2)no1. The Morgan fingerprint density at radius 2 is 2.13 bits per heavy atom. The number of carbonyl (C=O) groups is 1. The fourth-order valence-electron chi connectivity index (χ4n) is 4.52. The maximum atomic E-state index is 13.9. The minimum absolute atomic E-state index is 0.0817. The number of aryl methyl sites for hydroxylation is 1. The Bertz CT molecular complexity index is 933. The molecule has 1 N–H and O–H groups in total. The number of nitrogens with one attached hydrogen (secondary N) is 1. The molecule has 0 saturated carbocycles. The molecule has 0 aromatic carbocycles. The molecule has 2 aromatic heterocycles. The first-order chi connectivity index (χ1) is 14.7. The largest absolute Gasteiger partial charge is 0.367 e. The summed E-state index contributed by atoms with van der Waals surface area (Å²) in [5, 5.41) is 11.8. The summed E-state index contributed by atoms with van der Waals surface area (Å²) in [6, 6.07) is 2.46. The van der Waals surface area contributed by atoms with Crippen molar-refractivity contribution in [3.05, 3.63) is 29.3 Å². The third-order valence-corrected chi connectivity index (χ3v) is 6.38. The second-order valence-corrected chi connectivity index (χ2v) is 9.68. The number of nitrogens with zero attached hydrogens (tertiary/aromatic N) is 4. The van der Waals surface area contributed by atoms with Gasteiger partial charge < -0.3 is 14.7 Å². The van der Waals surface area contributed by atoms with E-state index in [1.165, 1.54) is 4.68 Å². The van der Waals surface area contributed by atoms with Gasteiger partial charge in [-0.3, -0.25) is 4.79 Å². The molecule has 2 aromatic rings. The van der Waals surface area contributed by atoms with Gasteiger partial charge in [-0.2, -0.15) is 5.10 Å². The number of hydrogen-bond acceptors (Lipinski definition) is 5. The van der Waals surface area contributed by atoms with Crippen LogP contribution in [0.1, 0.15) is 74.9 Å². The highest BCUT2D eigenvalue weighted by Crippen LogP contribution is 2.38. The van der Waals surface area contributed by atoms with Crippen LogP contribution in [0, 0.1) is 5.92 Å². The maximum Gasteiger partial charge on any atom is 0.276 e. The number of piperidine rings is 1. The molecule has 1 amide bonds. The average Bonchev–Trinajstić information content (AvgIpc) is 3.39. The molecule has 3 atom stereocenters. The van der Waals surface area contributed by atoms with Crippen molar-refractivity contribution in [2.75, 3.05) is 18.4 Å². The molecule has 4 heterocycles. The number of carbonyl (C=O) groups excluding carboxylic acids is 1. The summed E-state index contributed by atoms with van der Waals surface area (Å²) in [4.78, 5) is 14.7. The number of amides is 1. The summed E-state index contributed by atoms with van der Waals surface area (Å²) in [6.45, 7) is 9.16. The molecule has 9 heteroatoms. The van der Waals surface area contributed by atoms with Crippen LogP contribution in [0.5, 0.6) is 0 Å². The monoisotopic (exact) mass is 435 g/mol. The number of rotatable bonds is 4. The molecule has 2 aliphatic heterocycles. The van der Waals surface area contributed by atoms with E-state index in [0.29, 0.717) is 36.8 Å². The van der Waals surface area contributed by atoms with E-state index in [1.807, 2.05) is 33.8 Å². The molecular weight excluding hydrogens is 404 g/mol. The van der Waals surface area contributed by atoms with Crippen LogP contribution in [-0.4, -0.2) is 51.3 Å². The quantitative estimate of drug-likeness (QED) is 0.776. The number of hydrogen-bond donors (Lipinski definition) is 1. The molecule has 1 saturated heterocycles. The Morgan fingerprint density at radius 1 is 1.35 bits per heavy atom. The van der Waals surface area contributed by atoms with Gasteiger partial charge in [0.1, 0.15) is 17.6 Å². The molecule has 0 spiro atoms. The lowest BCUT2D eigenvalue weighted by Crippen LogP contribution is -2.48. The lowest BCUT2D eigenvalue weighted by Gasteiger charge is -2.41. The van der Waals surface area contributed by atoms with Gasteiger partial charge in [0.2, 0.25) is 0 Å². The van der Waals surface area contributed by atoms with Crippen LogP contribution in [0.4, 0.5) is 14.6 Å². The summed E-state index contributed by atoms with van der Waals surface area (Å²) in [5.41, 5.74) is 0.879. The van der Waals surface area contributed by atoms with E-state index in [1.54, 1.807) is 11.0 Å². The summed E-state index contributed by atoms with van der Waals surface area (Å²) in [7, 11) is 0. The third-order valence-electron chi connectivity index (χ3n) is 6.38. The van der Waals surface area contributed by atoms with Crippen molar-refractivity contribution in [1.29, 1.82) is 0 Å². The van der Waals surface area contributed by atoms with Gasteiger partial charge in [-0.15, -0.1) is 0 Å². The number of fused-ring (bicyclic) bond motifs is 1. The number of halogens is 2. The van der Waals surface area contributed by atoms with Crippen molar-refractivity contribution in [1.82, 2.24) is 19.8 Å². The zero-order valence-electron chi connectivity index (χ0n) is 18.6. The van der Waals surface area contributed by atoms with Crippen LogP contribution in [0.25, 0.3) is 0 Å². The van der Waals surface area contributed by atoms with E-state index in [4.69, 9.17) is 4.52 Å². The molecular formula is C22H31F2N5O2. The van der Waals surface area contributed by atoms with Crippen LogP contribution in [0.15, 0.2) is 16.7 Å². The standard InChI is InChI=1S/C22H31F2N5O2/c1-5-14-9-16(27-31-14)21(30)28-8-6-7-13(12-28)15-10-17(20(23)24)29-19(25-15)11-18(26-29)22(2,3)4/h9,11,13,15,17,20,25H,5-8,10,12H2,1-4H3/t13-,15+,17-/m1/s1. The van der Waals surface area contributed by atoms with Gasteiger partial charge in [0.05, 0.1) is 5.69 Å². The lowest BCUT2D eigenvalue weighted by molar-refractivity contribution is 0.0500. The first-order valence-electron chi connectivity index (χ1n) is 11.1.